The number of rotatable bonds is 6. The smallest absolute Gasteiger partial charge is 0.188 e. The van der Waals surface area contributed by atoms with E-state index in [9.17, 15) is 0 Å². The lowest BCUT2D eigenvalue weighted by Crippen LogP contribution is -2.34. The molecule has 0 saturated heterocycles. The fourth-order valence-electron chi connectivity index (χ4n) is 1.77. The van der Waals surface area contributed by atoms with Gasteiger partial charge < -0.3 is 11.1 Å². The lowest BCUT2D eigenvalue weighted by atomic mass is 9.84. The molecule has 16 heavy (non-hydrogen) atoms. The van der Waals surface area contributed by atoms with Crippen molar-refractivity contribution >= 4 is 5.96 Å². The summed E-state index contributed by atoms with van der Waals surface area (Å²) in [7, 11) is 0. The zero-order chi connectivity index (χ0) is 12.8. The Hall–Kier alpha value is -0.990. The molecular formula is C13H27N3. The predicted octanol–water partition coefficient (Wildman–Crippen LogP) is 2.54. The van der Waals surface area contributed by atoms with E-state index in [4.69, 9.17) is 5.73 Å². The fourth-order valence-corrected chi connectivity index (χ4v) is 1.77. The normalized spacial score (nSPS) is 13.0. The molecule has 0 unspecified atom stereocenters. The topological polar surface area (TPSA) is 50.4 Å². The molecule has 0 aliphatic heterocycles. The molecule has 0 aromatic carbocycles. The van der Waals surface area contributed by atoms with Crippen molar-refractivity contribution in [1.29, 1.82) is 0 Å². The number of nitrogens with one attached hydrogen (secondary N) is 1. The SMILES string of the molecule is C=C(C)CNC(N)=NCC(C)(C)CC(C)C. The van der Waals surface area contributed by atoms with Crippen LogP contribution in [0.25, 0.3) is 0 Å². The highest BCUT2D eigenvalue weighted by Gasteiger charge is 2.18. The Morgan fingerprint density at radius 3 is 2.44 bits per heavy atom. The number of aliphatic imine (C=N–C) groups is 1. The van der Waals surface area contributed by atoms with E-state index in [-0.39, 0.29) is 5.41 Å². The second-order valence-corrected chi connectivity index (χ2v) is 5.77. The number of hydrogen-bond donors (Lipinski definition) is 2. The third-order valence-corrected chi connectivity index (χ3v) is 2.21. The van der Waals surface area contributed by atoms with Gasteiger partial charge in [-0.15, -0.1) is 0 Å². The lowest BCUT2D eigenvalue weighted by Gasteiger charge is -2.24. The number of nitrogens with zero attached hydrogens (tertiary/aromatic N) is 1. The monoisotopic (exact) mass is 225 g/mol. The van der Waals surface area contributed by atoms with E-state index >= 15 is 0 Å². The summed E-state index contributed by atoms with van der Waals surface area (Å²) in [6, 6.07) is 0. The minimum atomic E-state index is 0.212. The van der Waals surface area contributed by atoms with Crippen molar-refractivity contribution in [2.75, 3.05) is 13.1 Å². The molecule has 0 aliphatic rings. The Morgan fingerprint density at radius 1 is 1.44 bits per heavy atom. The van der Waals surface area contributed by atoms with Gasteiger partial charge in [0.25, 0.3) is 0 Å². The van der Waals surface area contributed by atoms with E-state index < -0.39 is 0 Å². The van der Waals surface area contributed by atoms with Crippen LogP contribution in [0.1, 0.15) is 41.0 Å². The van der Waals surface area contributed by atoms with E-state index in [1.807, 2.05) is 6.92 Å². The molecule has 0 saturated carbocycles. The first-order valence-electron chi connectivity index (χ1n) is 5.91. The lowest BCUT2D eigenvalue weighted by molar-refractivity contribution is 0.298. The van der Waals surface area contributed by atoms with Crippen LogP contribution in [0.4, 0.5) is 0 Å². The molecule has 0 amide bonds. The maximum Gasteiger partial charge on any atom is 0.188 e. The van der Waals surface area contributed by atoms with Gasteiger partial charge in [-0.2, -0.15) is 0 Å². The second-order valence-electron chi connectivity index (χ2n) is 5.77. The zero-order valence-corrected chi connectivity index (χ0v) is 11.4. The van der Waals surface area contributed by atoms with Crippen molar-refractivity contribution in [3.05, 3.63) is 12.2 Å². The average Bonchev–Trinajstić information content (AvgIpc) is 2.09. The van der Waals surface area contributed by atoms with Crippen LogP contribution < -0.4 is 11.1 Å². The molecular weight excluding hydrogens is 198 g/mol. The van der Waals surface area contributed by atoms with Gasteiger partial charge in [-0.3, -0.25) is 4.99 Å². The summed E-state index contributed by atoms with van der Waals surface area (Å²) in [5.41, 5.74) is 7.02. The summed E-state index contributed by atoms with van der Waals surface area (Å²) in [6.45, 7) is 16.1. The minimum Gasteiger partial charge on any atom is -0.370 e. The van der Waals surface area contributed by atoms with Crippen molar-refractivity contribution in [3.8, 4) is 0 Å². The van der Waals surface area contributed by atoms with Crippen molar-refractivity contribution in [2.24, 2.45) is 22.1 Å². The summed E-state index contributed by atoms with van der Waals surface area (Å²) in [6.07, 6.45) is 1.16. The largest absolute Gasteiger partial charge is 0.370 e. The van der Waals surface area contributed by atoms with Gasteiger partial charge >= 0.3 is 0 Å². The van der Waals surface area contributed by atoms with Crippen LogP contribution in [0.2, 0.25) is 0 Å². The van der Waals surface area contributed by atoms with Gasteiger partial charge in [0.15, 0.2) is 5.96 Å². The van der Waals surface area contributed by atoms with E-state index in [1.54, 1.807) is 0 Å². The van der Waals surface area contributed by atoms with E-state index in [0.717, 1.165) is 18.5 Å². The number of nitrogens with two attached hydrogens (primary N) is 1. The van der Waals surface area contributed by atoms with Crippen LogP contribution in [0.3, 0.4) is 0 Å². The average molecular weight is 225 g/mol. The maximum absolute atomic E-state index is 5.76. The Labute approximate surface area is 100 Å². The van der Waals surface area contributed by atoms with Crippen molar-refractivity contribution in [3.63, 3.8) is 0 Å². The highest BCUT2D eigenvalue weighted by Crippen LogP contribution is 2.25. The molecule has 0 spiro atoms. The van der Waals surface area contributed by atoms with Crippen molar-refractivity contribution in [2.45, 2.75) is 41.0 Å². The van der Waals surface area contributed by atoms with Gasteiger partial charge in [0.1, 0.15) is 0 Å². The zero-order valence-electron chi connectivity index (χ0n) is 11.4. The van der Waals surface area contributed by atoms with E-state index in [0.29, 0.717) is 18.4 Å². The Balaban J connectivity index is 4.08. The third kappa shape index (κ3) is 8.33. The molecule has 0 aliphatic carbocycles. The van der Waals surface area contributed by atoms with Gasteiger partial charge in [-0.1, -0.05) is 39.8 Å². The summed E-state index contributed by atoms with van der Waals surface area (Å²) >= 11 is 0. The maximum atomic E-state index is 5.76. The molecule has 94 valence electrons. The predicted molar refractivity (Wildman–Crippen MR) is 72.5 cm³/mol. The molecule has 3 heteroatoms. The Morgan fingerprint density at radius 2 is 2.00 bits per heavy atom. The third-order valence-electron chi connectivity index (χ3n) is 2.21. The summed E-state index contributed by atoms with van der Waals surface area (Å²) in [5.74, 6) is 1.20. The highest BCUT2D eigenvalue weighted by molar-refractivity contribution is 5.78. The summed E-state index contributed by atoms with van der Waals surface area (Å²) < 4.78 is 0. The molecule has 3 nitrogen and oxygen atoms in total. The van der Waals surface area contributed by atoms with Crippen molar-refractivity contribution < 1.29 is 0 Å². The summed E-state index contributed by atoms with van der Waals surface area (Å²) in [5, 5.41) is 3.04. The first-order chi connectivity index (χ1) is 7.23. The highest BCUT2D eigenvalue weighted by atomic mass is 15.1. The molecule has 0 aromatic rings. The van der Waals surface area contributed by atoms with Gasteiger partial charge in [0, 0.05) is 13.1 Å². The van der Waals surface area contributed by atoms with Crippen LogP contribution in [0.5, 0.6) is 0 Å². The molecule has 0 radical (unpaired) electrons. The van der Waals surface area contributed by atoms with Crippen LogP contribution in [0.15, 0.2) is 17.1 Å². The first-order valence-corrected chi connectivity index (χ1v) is 5.91. The van der Waals surface area contributed by atoms with Crippen LogP contribution in [0, 0.1) is 11.3 Å². The number of hydrogen-bond acceptors (Lipinski definition) is 1. The Bertz CT molecular complexity index is 252. The second kappa shape index (κ2) is 6.56. The van der Waals surface area contributed by atoms with E-state index in [1.165, 1.54) is 0 Å². The molecule has 0 rings (SSSR count). The van der Waals surface area contributed by atoms with Crippen LogP contribution in [-0.4, -0.2) is 19.0 Å². The molecule has 0 heterocycles. The van der Waals surface area contributed by atoms with Gasteiger partial charge in [-0.25, -0.2) is 0 Å². The molecule has 0 atom stereocenters. The fraction of sp³-hybridized carbons (Fsp3) is 0.769. The van der Waals surface area contributed by atoms with Gasteiger partial charge in [0.2, 0.25) is 0 Å². The van der Waals surface area contributed by atoms with Crippen molar-refractivity contribution in [1.82, 2.24) is 5.32 Å². The van der Waals surface area contributed by atoms with Crippen LogP contribution >= 0.6 is 0 Å². The summed E-state index contributed by atoms with van der Waals surface area (Å²) in [4.78, 5) is 4.36. The molecule has 0 aromatic heterocycles. The first kappa shape index (κ1) is 15.0. The Kier molecular flexibility index (Phi) is 6.16. The van der Waals surface area contributed by atoms with Crippen LogP contribution in [-0.2, 0) is 0 Å². The molecule has 0 fully saturated rings. The molecule has 0 bridgehead atoms. The number of guanidine groups is 1. The molecule has 3 N–H and O–H groups in total. The quantitative estimate of drug-likeness (QED) is 0.414. The van der Waals surface area contributed by atoms with E-state index in [2.05, 4.69) is 44.6 Å². The van der Waals surface area contributed by atoms with Gasteiger partial charge in [0.05, 0.1) is 0 Å². The van der Waals surface area contributed by atoms with Gasteiger partial charge in [-0.05, 0) is 24.7 Å². The minimum absolute atomic E-state index is 0.212. The standard InChI is InChI=1S/C13H27N3/c1-10(2)7-13(5,6)9-16-12(14)15-8-11(3)4/h10H,3,7-9H2,1-2,4-6H3,(H3,14,15,16).